The molecule has 0 amide bonds. The summed E-state index contributed by atoms with van der Waals surface area (Å²) in [5.41, 5.74) is 6.84. The fourth-order valence-corrected chi connectivity index (χ4v) is 3.80. The highest BCUT2D eigenvalue weighted by atomic mass is 32.2. The van der Waals surface area contributed by atoms with Gasteiger partial charge in [0.2, 0.25) is 10.0 Å². The molecule has 0 spiro atoms. The molecule has 1 saturated heterocycles. The third-order valence-corrected chi connectivity index (χ3v) is 5.04. The summed E-state index contributed by atoms with van der Waals surface area (Å²) < 4.78 is 31.9. The van der Waals surface area contributed by atoms with Gasteiger partial charge in [-0.1, -0.05) is 6.07 Å². The third kappa shape index (κ3) is 2.50. The first-order chi connectivity index (χ1) is 8.41. The number of sulfonamides is 1. The highest BCUT2D eigenvalue weighted by Crippen LogP contribution is 2.23. The standard InChI is InChI=1S/C12H18N2O3S/c1-9-3-4-11(13)7-12(9)18(15,16)14-5-6-17-10(2)8-14/h3-4,7,10H,5-6,8,13H2,1-2H3. The van der Waals surface area contributed by atoms with E-state index in [2.05, 4.69) is 0 Å². The lowest BCUT2D eigenvalue weighted by Gasteiger charge is -2.30. The molecule has 1 fully saturated rings. The Balaban J connectivity index is 2.38. The molecular weight excluding hydrogens is 252 g/mol. The number of hydrogen-bond donors (Lipinski definition) is 1. The summed E-state index contributed by atoms with van der Waals surface area (Å²) >= 11 is 0. The summed E-state index contributed by atoms with van der Waals surface area (Å²) in [5.74, 6) is 0. The number of hydrogen-bond acceptors (Lipinski definition) is 4. The Hall–Kier alpha value is -1.11. The second-order valence-corrected chi connectivity index (χ2v) is 6.48. The molecule has 100 valence electrons. The van der Waals surface area contributed by atoms with Gasteiger partial charge in [0.05, 0.1) is 17.6 Å². The maximum absolute atomic E-state index is 12.5. The van der Waals surface area contributed by atoms with Crippen LogP contribution in [0.15, 0.2) is 23.1 Å². The number of nitrogens with two attached hydrogens (primary N) is 1. The predicted molar refractivity (Wildman–Crippen MR) is 69.8 cm³/mol. The highest BCUT2D eigenvalue weighted by molar-refractivity contribution is 7.89. The van der Waals surface area contributed by atoms with Crippen molar-refractivity contribution >= 4 is 15.7 Å². The van der Waals surface area contributed by atoms with Crippen molar-refractivity contribution in [3.05, 3.63) is 23.8 Å². The minimum absolute atomic E-state index is 0.0742. The molecule has 0 bridgehead atoms. The Morgan fingerprint density at radius 2 is 2.17 bits per heavy atom. The Bertz CT molecular complexity index is 542. The molecular formula is C12H18N2O3S. The van der Waals surface area contributed by atoms with E-state index < -0.39 is 10.0 Å². The number of anilines is 1. The summed E-state index contributed by atoms with van der Waals surface area (Å²) in [6, 6.07) is 4.95. The van der Waals surface area contributed by atoms with Gasteiger partial charge in [0.25, 0.3) is 0 Å². The number of ether oxygens (including phenoxy) is 1. The van der Waals surface area contributed by atoms with Gasteiger partial charge in [0.1, 0.15) is 0 Å². The summed E-state index contributed by atoms with van der Waals surface area (Å²) in [7, 11) is -3.47. The second kappa shape index (κ2) is 4.87. The second-order valence-electron chi connectivity index (χ2n) is 4.57. The lowest BCUT2D eigenvalue weighted by molar-refractivity contribution is 0.0102. The van der Waals surface area contributed by atoms with Crippen LogP contribution in [0.25, 0.3) is 0 Å². The van der Waals surface area contributed by atoms with Crippen LogP contribution in [-0.2, 0) is 14.8 Å². The van der Waals surface area contributed by atoms with Gasteiger partial charge in [-0.3, -0.25) is 0 Å². The lowest BCUT2D eigenvalue weighted by atomic mass is 10.2. The van der Waals surface area contributed by atoms with Crippen LogP contribution in [0, 0.1) is 6.92 Å². The summed E-state index contributed by atoms with van der Waals surface area (Å²) in [6.45, 7) is 4.85. The van der Waals surface area contributed by atoms with Crippen molar-refractivity contribution in [1.29, 1.82) is 0 Å². The number of rotatable bonds is 2. The van der Waals surface area contributed by atoms with Gasteiger partial charge in [-0.2, -0.15) is 4.31 Å². The van der Waals surface area contributed by atoms with Gasteiger partial charge in [0.15, 0.2) is 0 Å². The van der Waals surface area contributed by atoms with Crippen LogP contribution in [-0.4, -0.2) is 38.5 Å². The minimum atomic E-state index is -3.47. The van der Waals surface area contributed by atoms with Crippen LogP contribution in [0.2, 0.25) is 0 Å². The van der Waals surface area contributed by atoms with Crippen molar-refractivity contribution in [3.63, 3.8) is 0 Å². The average molecular weight is 270 g/mol. The summed E-state index contributed by atoms with van der Waals surface area (Å²) in [5, 5.41) is 0. The largest absolute Gasteiger partial charge is 0.399 e. The van der Waals surface area contributed by atoms with E-state index >= 15 is 0 Å². The fraction of sp³-hybridized carbons (Fsp3) is 0.500. The van der Waals surface area contributed by atoms with E-state index in [0.717, 1.165) is 0 Å². The van der Waals surface area contributed by atoms with Gasteiger partial charge >= 0.3 is 0 Å². The van der Waals surface area contributed by atoms with E-state index in [-0.39, 0.29) is 11.0 Å². The zero-order valence-corrected chi connectivity index (χ0v) is 11.4. The van der Waals surface area contributed by atoms with Crippen LogP contribution < -0.4 is 5.73 Å². The number of aryl methyl sites for hydroxylation is 1. The topological polar surface area (TPSA) is 72.6 Å². The number of morpholine rings is 1. The molecule has 0 aliphatic carbocycles. The van der Waals surface area contributed by atoms with Crippen LogP contribution in [0.1, 0.15) is 12.5 Å². The predicted octanol–water partition coefficient (Wildman–Crippen LogP) is 0.987. The molecule has 2 N–H and O–H groups in total. The molecule has 1 aliphatic rings. The first-order valence-corrected chi connectivity index (χ1v) is 7.33. The van der Waals surface area contributed by atoms with Gasteiger partial charge in [-0.15, -0.1) is 0 Å². The lowest BCUT2D eigenvalue weighted by Crippen LogP contribution is -2.44. The maximum atomic E-state index is 12.5. The van der Waals surface area contributed by atoms with Crippen LogP contribution in [0.3, 0.4) is 0 Å². The van der Waals surface area contributed by atoms with E-state index in [1.165, 1.54) is 10.4 Å². The van der Waals surface area contributed by atoms with Gasteiger partial charge in [0, 0.05) is 18.8 Å². The molecule has 5 nitrogen and oxygen atoms in total. The van der Waals surface area contributed by atoms with Crippen molar-refractivity contribution in [2.45, 2.75) is 24.8 Å². The molecule has 6 heteroatoms. The first-order valence-electron chi connectivity index (χ1n) is 5.89. The van der Waals surface area contributed by atoms with Crippen molar-refractivity contribution in [2.75, 3.05) is 25.4 Å². The Morgan fingerprint density at radius 3 is 2.83 bits per heavy atom. The van der Waals surface area contributed by atoms with Crippen molar-refractivity contribution in [1.82, 2.24) is 4.31 Å². The van der Waals surface area contributed by atoms with Crippen molar-refractivity contribution in [2.24, 2.45) is 0 Å². The Kier molecular flexibility index (Phi) is 3.61. The van der Waals surface area contributed by atoms with Crippen LogP contribution in [0.5, 0.6) is 0 Å². The highest BCUT2D eigenvalue weighted by Gasteiger charge is 2.30. The molecule has 2 rings (SSSR count). The van der Waals surface area contributed by atoms with E-state index in [9.17, 15) is 8.42 Å². The minimum Gasteiger partial charge on any atom is -0.399 e. The van der Waals surface area contributed by atoms with Crippen molar-refractivity contribution < 1.29 is 13.2 Å². The first kappa shape index (κ1) is 13.3. The molecule has 18 heavy (non-hydrogen) atoms. The van der Waals surface area contributed by atoms with E-state index in [1.807, 2.05) is 6.92 Å². The molecule has 1 aromatic rings. The van der Waals surface area contributed by atoms with Gasteiger partial charge in [-0.25, -0.2) is 8.42 Å². The molecule has 1 aromatic carbocycles. The molecule has 1 heterocycles. The molecule has 0 aromatic heterocycles. The monoisotopic (exact) mass is 270 g/mol. The zero-order valence-electron chi connectivity index (χ0n) is 10.6. The van der Waals surface area contributed by atoms with Gasteiger partial charge in [-0.05, 0) is 31.5 Å². The zero-order chi connectivity index (χ0) is 13.3. The van der Waals surface area contributed by atoms with Crippen LogP contribution in [0.4, 0.5) is 5.69 Å². The number of nitrogens with zero attached hydrogens (tertiary/aromatic N) is 1. The Labute approximate surface area is 108 Å². The molecule has 1 atom stereocenters. The molecule has 0 radical (unpaired) electrons. The third-order valence-electron chi connectivity index (χ3n) is 3.03. The quantitative estimate of drug-likeness (QED) is 0.813. The van der Waals surface area contributed by atoms with E-state index in [0.29, 0.717) is 30.9 Å². The number of nitrogen functional groups attached to an aromatic ring is 1. The molecule has 1 unspecified atom stereocenters. The Morgan fingerprint density at radius 1 is 1.44 bits per heavy atom. The van der Waals surface area contributed by atoms with Gasteiger partial charge < -0.3 is 10.5 Å². The number of benzene rings is 1. The van der Waals surface area contributed by atoms with E-state index in [4.69, 9.17) is 10.5 Å². The maximum Gasteiger partial charge on any atom is 0.243 e. The fourth-order valence-electron chi connectivity index (χ4n) is 2.04. The molecule has 1 aliphatic heterocycles. The average Bonchev–Trinajstić information content (AvgIpc) is 2.32. The summed E-state index contributed by atoms with van der Waals surface area (Å²) in [4.78, 5) is 0.289. The normalized spacial score (nSPS) is 22.0. The van der Waals surface area contributed by atoms with Crippen molar-refractivity contribution in [3.8, 4) is 0 Å². The van der Waals surface area contributed by atoms with Crippen LogP contribution >= 0.6 is 0 Å². The smallest absolute Gasteiger partial charge is 0.243 e. The SMILES string of the molecule is Cc1ccc(N)cc1S(=O)(=O)N1CCOC(C)C1. The molecule has 0 saturated carbocycles. The summed E-state index contributed by atoms with van der Waals surface area (Å²) in [6.07, 6.45) is -0.0742. The van der Waals surface area contributed by atoms with E-state index in [1.54, 1.807) is 19.1 Å².